The van der Waals surface area contributed by atoms with Crippen molar-refractivity contribution in [2.75, 3.05) is 18.4 Å². The lowest BCUT2D eigenvalue weighted by atomic mass is 9.97. The molecule has 1 aromatic heterocycles. The number of aromatic nitrogens is 2. The minimum atomic E-state index is -5.08. The van der Waals surface area contributed by atoms with Gasteiger partial charge in [-0.15, -0.1) is 0 Å². The largest absolute Gasteiger partial charge is 0.490 e. The van der Waals surface area contributed by atoms with Crippen molar-refractivity contribution in [2.45, 2.75) is 25.2 Å². The van der Waals surface area contributed by atoms with E-state index in [1.54, 1.807) is 18.2 Å². The Labute approximate surface area is 204 Å². The standard InChI is InChI=1S/C20H18ClF3N4O.C2HF3O2/c21-13-4-5-16(20(22,23)24)14(9-13)11-3-6-17-15(8-11)18(28-27-17)26-19(29)12-2-1-7-25-10-12;3-2(4,5)1(6)7/h3-6,8-9,12,25H,1-2,7,10H2,(H2,26,27,28,29);(H,6,7). The molecule has 0 saturated carbocycles. The summed E-state index contributed by atoms with van der Waals surface area (Å²) < 4.78 is 72.1. The van der Waals surface area contributed by atoms with Gasteiger partial charge in [0, 0.05) is 17.0 Å². The number of nitrogens with one attached hydrogen (secondary N) is 3. The maximum atomic E-state index is 13.5. The van der Waals surface area contributed by atoms with Gasteiger partial charge in [-0.2, -0.15) is 31.4 Å². The molecule has 194 valence electrons. The molecule has 1 amide bonds. The van der Waals surface area contributed by atoms with Gasteiger partial charge in [-0.05, 0) is 60.8 Å². The van der Waals surface area contributed by atoms with Gasteiger partial charge < -0.3 is 15.7 Å². The minimum Gasteiger partial charge on any atom is -0.475 e. The average Bonchev–Trinajstić information content (AvgIpc) is 3.20. The van der Waals surface area contributed by atoms with E-state index < -0.39 is 23.9 Å². The molecule has 1 fully saturated rings. The number of anilines is 1. The molecule has 1 unspecified atom stereocenters. The highest BCUT2D eigenvalue weighted by Gasteiger charge is 2.38. The molecular formula is C22H19ClF6N4O3. The lowest BCUT2D eigenvalue weighted by Gasteiger charge is -2.21. The van der Waals surface area contributed by atoms with Crippen molar-refractivity contribution >= 4 is 40.2 Å². The zero-order valence-electron chi connectivity index (χ0n) is 18.2. The van der Waals surface area contributed by atoms with Crippen molar-refractivity contribution < 1.29 is 41.0 Å². The second-order valence-corrected chi connectivity index (χ2v) is 8.29. The molecule has 3 aromatic rings. The van der Waals surface area contributed by atoms with Gasteiger partial charge >= 0.3 is 18.3 Å². The molecule has 0 spiro atoms. The molecule has 2 heterocycles. The van der Waals surface area contributed by atoms with Gasteiger partial charge in [-0.25, -0.2) is 4.79 Å². The number of alkyl halides is 6. The summed E-state index contributed by atoms with van der Waals surface area (Å²) in [5, 5.41) is 20.8. The maximum absolute atomic E-state index is 13.5. The number of H-pyrrole nitrogens is 1. The summed E-state index contributed by atoms with van der Waals surface area (Å²) >= 11 is 5.95. The first kappa shape index (κ1) is 27.3. The van der Waals surface area contributed by atoms with E-state index in [0.29, 0.717) is 28.8 Å². The number of aromatic amines is 1. The fourth-order valence-corrected chi connectivity index (χ4v) is 3.75. The van der Waals surface area contributed by atoms with Crippen LogP contribution in [0, 0.1) is 5.92 Å². The molecule has 14 heteroatoms. The number of hydrogen-bond donors (Lipinski definition) is 4. The van der Waals surface area contributed by atoms with Crippen molar-refractivity contribution in [2.24, 2.45) is 5.92 Å². The van der Waals surface area contributed by atoms with Crippen molar-refractivity contribution in [3.05, 3.63) is 47.0 Å². The summed E-state index contributed by atoms with van der Waals surface area (Å²) in [7, 11) is 0. The Morgan fingerprint density at radius 3 is 2.36 bits per heavy atom. The molecule has 7 nitrogen and oxygen atoms in total. The van der Waals surface area contributed by atoms with Crippen molar-refractivity contribution in [3.63, 3.8) is 0 Å². The first-order valence-corrected chi connectivity index (χ1v) is 10.8. The summed E-state index contributed by atoms with van der Waals surface area (Å²) in [6, 6.07) is 8.25. The Balaban J connectivity index is 0.000000454. The Hall–Kier alpha value is -3.32. The molecule has 4 rings (SSSR count). The van der Waals surface area contributed by atoms with Crippen LogP contribution in [0.5, 0.6) is 0 Å². The smallest absolute Gasteiger partial charge is 0.475 e. The Bertz CT molecular complexity index is 1250. The number of carboxylic acids is 1. The second kappa shape index (κ2) is 10.7. The van der Waals surface area contributed by atoms with Crippen LogP contribution in [0.25, 0.3) is 22.0 Å². The molecule has 1 aliphatic heterocycles. The minimum absolute atomic E-state index is 0.0261. The number of rotatable bonds is 3. The zero-order chi connectivity index (χ0) is 26.7. The average molecular weight is 537 g/mol. The predicted octanol–water partition coefficient (Wildman–Crippen LogP) is 5.47. The molecule has 1 atom stereocenters. The van der Waals surface area contributed by atoms with Gasteiger partial charge in [0.25, 0.3) is 0 Å². The van der Waals surface area contributed by atoms with Crippen LogP contribution in [0.3, 0.4) is 0 Å². The third-order valence-electron chi connectivity index (χ3n) is 5.31. The van der Waals surface area contributed by atoms with Crippen LogP contribution >= 0.6 is 11.6 Å². The van der Waals surface area contributed by atoms with E-state index in [9.17, 15) is 31.1 Å². The second-order valence-electron chi connectivity index (χ2n) is 7.86. The SMILES string of the molecule is O=C(Nc1n[nH]c2ccc(-c3cc(Cl)ccc3C(F)(F)F)cc12)C1CCCNC1.O=C(O)C(F)(F)F. The van der Waals surface area contributed by atoms with Crippen LogP contribution in [0.15, 0.2) is 36.4 Å². The Kier molecular flexibility index (Phi) is 8.14. The topological polar surface area (TPSA) is 107 Å². The highest BCUT2D eigenvalue weighted by atomic mass is 35.5. The van der Waals surface area contributed by atoms with Crippen LogP contribution in [-0.2, 0) is 15.8 Å². The first-order chi connectivity index (χ1) is 16.8. The third kappa shape index (κ3) is 6.66. The Morgan fingerprint density at radius 1 is 1.08 bits per heavy atom. The highest BCUT2D eigenvalue weighted by molar-refractivity contribution is 6.31. The van der Waals surface area contributed by atoms with Crippen LogP contribution in [0.4, 0.5) is 32.2 Å². The number of piperidine rings is 1. The van der Waals surface area contributed by atoms with Crippen LogP contribution < -0.4 is 10.6 Å². The number of benzene rings is 2. The number of carboxylic acid groups (broad SMARTS) is 1. The summed E-state index contributed by atoms with van der Waals surface area (Å²) in [6.07, 6.45) is -7.90. The van der Waals surface area contributed by atoms with Crippen LogP contribution in [-0.4, -0.2) is 46.4 Å². The van der Waals surface area contributed by atoms with E-state index in [1.807, 2.05) is 0 Å². The summed E-state index contributed by atoms with van der Waals surface area (Å²) in [6.45, 7) is 1.48. The molecule has 2 aromatic carbocycles. The number of hydrogen-bond acceptors (Lipinski definition) is 4. The summed E-state index contributed by atoms with van der Waals surface area (Å²) in [4.78, 5) is 21.4. The molecule has 0 bridgehead atoms. The summed E-state index contributed by atoms with van der Waals surface area (Å²) in [5.74, 6) is -2.78. The maximum Gasteiger partial charge on any atom is 0.490 e. The van der Waals surface area contributed by atoms with Crippen LogP contribution in [0.1, 0.15) is 18.4 Å². The number of halogens is 7. The quantitative estimate of drug-likeness (QED) is 0.332. The fraction of sp³-hybridized carbons (Fsp3) is 0.318. The van der Waals surface area contributed by atoms with E-state index in [-0.39, 0.29) is 22.4 Å². The van der Waals surface area contributed by atoms with E-state index in [1.165, 1.54) is 12.1 Å². The van der Waals surface area contributed by atoms with Crippen molar-refractivity contribution in [1.29, 1.82) is 0 Å². The zero-order valence-corrected chi connectivity index (χ0v) is 19.0. The van der Waals surface area contributed by atoms with Gasteiger partial charge in [-0.1, -0.05) is 17.7 Å². The molecule has 1 saturated heterocycles. The number of nitrogens with zero attached hydrogens (tertiary/aromatic N) is 1. The number of aliphatic carboxylic acids is 1. The van der Waals surface area contributed by atoms with Gasteiger partial charge in [0.05, 0.1) is 17.0 Å². The molecular weight excluding hydrogens is 518 g/mol. The third-order valence-corrected chi connectivity index (χ3v) is 5.55. The van der Waals surface area contributed by atoms with Crippen molar-refractivity contribution in [3.8, 4) is 11.1 Å². The fourth-order valence-electron chi connectivity index (χ4n) is 3.57. The number of fused-ring (bicyclic) bond motifs is 1. The van der Waals surface area contributed by atoms with E-state index in [0.717, 1.165) is 25.5 Å². The first-order valence-electron chi connectivity index (χ1n) is 10.4. The summed E-state index contributed by atoms with van der Waals surface area (Å²) in [5.41, 5.74) is 0.149. The number of amides is 1. The van der Waals surface area contributed by atoms with Gasteiger partial charge in [0.2, 0.25) is 5.91 Å². The lowest BCUT2D eigenvalue weighted by molar-refractivity contribution is -0.192. The van der Waals surface area contributed by atoms with E-state index in [4.69, 9.17) is 21.5 Å². The lowest BCUT2D eigenvalue weighted by Crippen LogP contribution is -2.37. The molecule has 4 N–H and O–H groups in total. The predicted molar refractivity (Wildman–Crippen MR) is 119 cm³/mol. The molecule has 36 heavy (non-hydrogen) atoms. The molecule has 0 aliphatic carbocycles. The van der Waals surface area contributed by atoms with Gasteiger partial charge in [0.15, 0.2) is 5.82 Å². The van der Waals surface area contributed by atoms with Gasteiger partial charge in [-0.3, -0.25) is 9.89 Å². The highest BCUT2D eigenvalue weighted by Crippen LogP contribution is 2.39. The van der Waals surface area contributed by atoms with Crippen LogP contribution in [0.2, 0.25) is 5.02 Å². The molecule has 0 radical (unpaired) electrons. The van der Waals surface area contributed by atoms with Gasteiger partial charge in [0.1, 0.15) is 0 Å². The molecule has 1 aliphatic rings. The van der Waals surface area contributed by atoms with Crippen molar-refractivity contribution in [1.82, 2.24) is 15.5 Å². The normalized spacial score (nSPS) is 16.2. The monoisotopic (exact) mass is 536 g/mol. The Morgan fingerprint density at radius 2 is 1.78 bits per heavy atom. The number of carbonyl (C=O) groups excluding carboxylic acids is 1. The number of carbonyl (C=O) groups is 2. The van der Waals surface area contributed by atoms with E-state index >= 15 is 0 Å². The van der Waals surface area contributed by atoms with E-state index in [2.05, 4.69) is 20.8 Å².